The number of hydrogen-bond donors (Lipinski definition) is 1. The number of nitrogens with zero attached hydrogens (tertiary/aromatic N) is 1. The molecule has 0 heterocycles. The monoisotopic (exact) mass is 326 g/mol. The Morgan fingerprint density at radius 1 is 1.04 bits per heavy atom. The molecule has 5 nitrogen and oxygen atoms in total. The average Bonchev–Trinajstić information content (AvgIpc) is 2.51. The standard InChI is InChI=1S/C19H22N2O3/c1-13-8-14(2)10-17(9-13)24-12-18(22)20-16-7-5-6-15(11-16)19(23)21(3)4/h5-11H,12H2,1-4H3,(H,20,22). The van der Waals surface area contributed by atoms with E-state index < -0.39 is 0 Å². The normalized spacial score (nSPS) is 10.2. The molecule has 2 rings (SSSR count). The van der Waals surface area contributed by atoms with Crippen molar-refractivity contribution in [1.82, 2.24) is 4.90 Å². The van der Waals surface area contributed by atoms with Gasteiger partial charge < -0.3 is 15.0 Å². The van der Waals surface area contributed by atoms with E-state index in [1.54, 1.807) is 38.4 Å². The van der Waals surface area contributed by atoms with Crippen LogP contribution in [0.25, 0.3) is 0 Å². The Labute approximate surface area is 142 Å². The highest BCUT2D eigenvalue weighted by molar-refractivity contribution is 5.97. The summed E-state index contributed by atoms with van der Waals surface area (Å²) in [6, 6.07) is 12.6. The van der Waals surface area contributed by atoms with E-state index in [9.17, 15) is 9.59 Å². The first-order valence-electron chi connectivity index (χ1n) is 7.68. The lowest BCUT2D eigenvalue weighted by Gasteiger charge is -2.12. The fourth-order valence-corrected chi connectivity index (χ4v) is 2.35. The first-order valence-corrected chi connectivity index (χ1v) is 7.68. The van der Waals surface area contributed by atoms with E-state index in [4.69, 9.17) is 4.74 Å². The molecule has 2 aromatic rings. The van der Waals surface area contributed by atoms with Crippen molar-refractivity contribution in [2.24, 2.45) is 0 Å². The summed E-state index contributed by atoms with van der Waals surface area (Å²) in [6.45, 7) is 3.87. The third-order valence-electron chi connectivity index (χ3n) is 3.36. The summed E-state index contributed by atoms with van der Waals surface area (Å²) in [5.74, 6) is 0.278. The minimum absolute atomic E-state index is 0.0885. The second-order valence-corrected chi connectivity index (χ2v) is 5.94. The average molecular weight is 326 g/mol. The molecule has 0 radical (unpaired) electrons. The van der Waals surface area contributed by atoms with Crippen molar-refractivity contribution in [1.29, 1.82) is 0 Å². The molecule has 5 heteroatoms. The van der Waals surface area contributed by atoms with E-state index in [2.05, 4.69) is 5.32 Å². The molecule has 2 amide bonds. The van der Waals surface area contributed by atoms with Crippen LogP contribution < -0.4 is 10.1 Å². The molecule has 0 aliphatic rings. The van der Waals surface area contributed by atoms with Gasteiger partial charge in [-0.2, -0.15) is 0 Å². The first kappa shape index (κ1) is 17.5. The molecule has 0 atom stereocenters. The Morgan fingerprint density at radius 3 is 2.33 bits per heavy atom. The Morgan fingerprint density at radius 2 is 1.71 bits per heavy atom. The second kappa shape index (κ2) is 7.64. The second-order valence-electron chi connectivity index (χ2n) is 5.94. The third kappa shape index (κ3) is 4.84. The number of aryl methyl sites for hydroxylation is 2. The van der Waals surface area contributed by atoms with Gasteiger partial charge in [-0.05, 0) is 55.3 Å². The molecule has 0 aromatic heterocycles. The largest absolute Gasteiger partial charge is 0.484 e. The fraction of sp³-hybridized carbons (Fsp3) is 0.263. The molecule has 0 bridgehead atoms. The first-order chi connectivity index (χ1) is 11.3. The highest BCUT2D eigenvalue weighted by Gasteiger charge is 2.10. The Kier molecular flexibility index (Phi) is 5.58. The number of ether oxygens (including phenoxy) is 1. The number of carbonyl (C=O) groups excluding carboxylic acids is 2. The third-order valence-corrected chi connectivity index (χ3v) is 3.36. The van der Waals surface area contributed by atoms with Gasteiger partial charge in [-0.25, -0.2) is 0 Å². The zero-order valence-corrected chi connectivity index (χ0v) is 14.4. The number of anilines is 1. The summed E-state index contributed by atoms with van der Waals surface area (Å²) < 4.78 is 5.53. The highest BCUT2D eigenvalue weighted by atomic mass is 16.5. The Balaban J connectivity index is 1.97. The van der Waals surface area contributed by atoms with Crippen LogP contribution in [-0.2, 0) is 4.79 Å². The topological polar surface area (TPSA) is 58.6 Å². The SMILES string of the molecule is Cc1cc(C)cc(OCC(=O)Nc2cccc(C(=O)N(C)C)c2)c1. The van der Waals surface area contributed by atoms with Crippen molar-refractivity contribution in [3.63, 3.8) is 0 Å². The number of hydrogen-bond acceptors (Lipinski definition) is 3. The van der Waals surface area contributed by atoms with Gasteiger partial charge in [0.25, 0.3) is 11.8 Å². The molecule has 0 saturated carbocycles. The van der Waals surface area contributed by atoms with Crippen LogP contribution in [0.5, 0.6) is 5.75 Å². The zero-order valence-electron chi connectivity index (χ0n) is 14.4. The van der Waals surface area contributed by atoms with Gasteiger partial charge in [0.1, 0.15) is 5.75 Å². The molecule has 0 fully saturated rings. The zero-order chi connectivity index (χ0) is 17.7. The molecular formula is C19H22N2O3. The lowest BCUT2D eigenvalue weighted by atomic mass is 10.1. The van der Waals surface area contributed by atoms with Gasteiger partial charge >= 0.3 is 0 Å². The van der Waals surface area contributed by atoms with Gasteiger partial charge in [0, 0.05) is 25.3 Å². The Bertz CT molecular complexity index is 734. The minimum Gasteiger partial charge on any atom is -0.484 e. The number of amides is 2. The van der Waals surface area contributed by atoms with Crippen LogP contribution in [-0.4, -0.2) is 37.4 Å². The van der Waals surface area contributed by atoms with E-state index >= 15 is 0 Å². The van der Waals surface area contributed by atoms with Crippen molar-refractivity contribution in [3.8, 4) is 5.75 Å². The smallest absolute Gasteiger partial charge is 0.262 e. The van der Waals surface area contributed by atoms with Gasteiger partial charge in [-0.1, -0.05) is 12.1 Å². The van der Waals surface area contributed by atoms with Crippen LogP contribution in [0.1, 0.15) is 21.5 Å². The van der Waals surface area contributed by atoms with Gasteiger partial charge in [-0.3, -0.25) is 9.59 Å². The quantitative estimate of drug-likeness (QED) is 0.919. The van der Waals surface area contributed by atoms with E-state index in [1.165, 1.54) is 4.90 Å². The summed E-state index contributed by atoms with van der Waals surface area (Å²) in [6.07, 6.45) is 0. The fourth-order valence-electron chi connectivity index (χ4n) is 2.35. The summed E-state index contributed by atoms with van der Waals surface area (Å²) in [7, 11) is 3.37. The lowest BCUT2D eigenvalue weighted by Crippen LogP contribution is -2.23. The van der Waals surface area contributed by atoms with Gasteiger partial charge in [0.2, 0.25) is 0 Å². The number of nitrogens with one attached hydrogen (secondary N) is 1. The van der Waals surface area contributed by atoms with Crippen LogP contribution >= 0.6 is 0 Å². The van der Waals surface area contributed by atoms with Crippen LogP contribution in [0, 0.1) is 13.8 Å². The number of benzene rings is 2. The summed E-state index contributed by atoms with van der Waals surface area (Å²) in [4.78, 5) is 25.5. The molecular weight excluding hydrogens is 304 g/mol. The maximum Gasteiger partial charge on any atom is 0.262 e. The van der Waals surface area contributed by atoms with E-state index in [-0.39, 0.29) is 18.4 Å². The molecule has 126 valence electrons. The summed E-state index contributed by atoms with van der Waals surface area (Å²) >= 11 is 0. The predicted molar refractivity (Wildman–Crippen MR) is 94.5 cm³/mol. The molecule has 1 N–H and O–H groups in total. The molecule has 2 aromatic carbocycles. The van der Waals surface area contributed by atoms with Gasteiger partial charge in [0.15, 0.2) is 6.61 Å². The van der Waals surface area contributed by atoms with Crippen LogP contribution in [0.2, 0.25) is 0 Å². The molecule has 0 unspecified atom stereocenters. The van der Waals surface area contributed by atoms with Gasteiger partial charge in [-0.15, -0.1) is 0 Å². The van der Waals surface area contributed by atoms with E-state index in [0.29, 0.717) is 17.0 Å². The van der Waals surface area contributed by atoms with E-state index in [1.807, 2.05) is 32.0 Å². The molecule has 0 aliphatic carbocycles. The van der Waals surface area contributed by atoms with Crippen LogP contribution in [0.3, 0.4) is 0 Å². The van der Waals surface area contributed by atoms with Crippen LogP contribution in [0.4, 0.5) is 5.69 Å². The van der Waals surface area contributed by atoms with Crippen molar-refractivity contribution in [2.75, 3.05) is 26.0 Å². The maximum absolute atomic E-state index is 12.0. The maximum atomic E-state index is 12.0. The summed E-state index contributed by atoms with van der Waals surface area (Å²) in [5.41, 5.74) is 3.25. The van der Waals surface area contributed by atoms with E-state index in [0.717, 1.165) is 11.1 Å². The van der Waals surface area contributed by atoms with Crippen LogP contribution in [0.15, 0.2) is 42.5 Å². The van der Waals surface area contributed by atoms with Crippen molar-refractivity contribution in [3.05, 3.63) is 59.2 Å². The minimum atomic E-state index is -0.274. The molecule has 0 spiro atoms. The summed E-state index contributed by atoms with van der Waals surface area (Å²) in [5, 5.41) is 2.74. The number of carbonyl (C=O) groups is 2. The molecule has 0 aliphatic heterocycles. The van der Waals surface area contributed by atoms with Gasteiger partial charge in [0.05, 0.1) is 0 Å². The van der Waals surface area contributed by atoms with Crippen molar-refractivity contribution in [2.45, 2.75) is 13.8 Å². The number of rotatable bonds is 5. The Hall–Kier alpha value is -2.82. The van der Waals surface area contributed by atoms with Crippen molar-refractivity contribution >= 4 is 17.5 Å². The van der Waals surface area contributed by atoms with Crippen molar-refractivity contribution < 1.29 is 14.3 Å². The lowest BCUT2D eigenvalue weighted by molar-refractivity contribution is -0.118. The highest BCUT2D eigenvalue weighted by Crippen LogP contribution is 2.16. The molecule has 24 heavy (non-hydrogen) atoms. The predicted octanol–water partition coefficient (Wildman–Crippen LogP) is 3.02. The molecule has 0 saturated heterocycles.